The molecule has 0 aromatic carbocycles. The van der Waals surface area contributed by atoms with Crippen molar-refractivity contribution in [3.05, 3.63) is 18.0 Å². The van der Waals surface area contributed by atoms with E-state index in [1.165, 1.54) is 0 Å². The van der Waals surface area contributed by atoms with E-state index in [9.17, 15) is 4.79 Å². The van der Waals surface area contributed by atoms with Crippen LogP contribution in [0.15, 0.2) is 12.3 Å². The number of ether oxygens (including phenoxy) is 1. The summed E-state index contributed by atoms with van der Waals surface area (Å²) in [7, 11) is 1.80. The minimum Gasteiger partial charge on any atom is -0.370 e. The van der Waals surface area contributed by atoms with E-state index in [1.807, 2.05) is 6.92 Å². The number of carbonyl (C=O) groups is 1. The summed E-state index contributed by atoms with van der Waals surface area (Å²) in [6, 6.07) is 1.73. The minimum atomic E-state index is -0.287. The van der Waals surface area contributed by atoms with Crippen molar-refractivity contribution < 1.29 is 9.53 Å². The molecule has 1 aromatic heterocycles. The fraction of sp³-hybridized carbons (Fsp3) is 0.600. The molecule has 2 heterocycles. The lowest BCUT2D eigenvalue weighted by molar-refractivity contribution is 0.0573. The van der Waals surface area contributed by atoms with Crippen molar-refractivity contribution in [1.82, 2.24) is 9.78 Å². The van der Waals surface area contributed by atoms with Crippen LogP contribution in [-0.4, -0.2) is 28.3 Å². The SMILES string of the molecule is CC1CCOC1C(=O)c1ccn(C)n1. The molecular formula is C10H14N2O2. The van der Waals surface area contributed by atoms with Crippen molar-refractivity contribution in [2.75, 3.05) is 6.61 Å². The molecule has 2 unspecified atom stereocenters. The van der Waals surface area contributed by atoms with Crippen LogP contribution in [0.1, 0.15) is 23.8 Å². The highest BCUT2D eigenvalue weighted by Gasteiger charge is 2.32. The van der Waals surface area contributed by atoms with E-state index in [0.717, 1.165) is 6.42 Å². The van der Waals surface area contributed by atoms with Gasteiger partial charge in [-0.3, -0.25) is 9.48 Å². The van der Waals surface area contributed by atoms with Crippen molar-refractivity contribution in [1.29, 1.82) is 0 Å². The lowest BCUT2D eigenvalue weighted by Crippen LogP contribution is -2.25. The molecule has 14 heavy (non-hydrogen) atoms. The van der Waals surface area contributed by atoms with Gasteiger partial charge in [0.2, 0.25) is 5.78 Å². The van der Waals surface area contributed by atoms with Crippen LogP contribution in [0.5, 0.6) is 0 Å². The topological polar surface area (TPSA) is 44.1 Å². The number of Topliss-reactive ketones (excluding diaryl/α,β-unsaturated/α-hetero) is 1. The van der Waals surface area contributed by atoms with Gasteiger partial charge in [0.05, 0.1) is 0 Å². The Morgan fingerprint density at radius 2 is 2.50 bits per heavy atom. The molecule has 0 spiro atoms. The Hall–Kier alpha value is -1.16. The lowest BCUT2D eigenvalue weighted by atomic mass is 9.99. The van der Waals surface area contributed by atoms with Gasteiger partial charge in [-0.15, -0.1) is 0 Å². The van der Waals surface area contributed by atoms with E-state index >= 15 is 0 Å². The average molecular weight is 194 g/mol. The highest BCUT2D eigenvalue weighted by atomic mass is 16.5. The molecule has 2 atom stereocenters. The quantitative estimate of drug-likeness (QED) is 0.660. The third-order valence-corrected chi connectivity index (χ3v) is 2.61. The van der Waals surface area contributed by atoms with Crippen molar-refractivity contribution >= 4 is 5.78 Å². The predicted octanol–water partition coefficient (Wildman–Crippen LogP) is 1.03. The Morgan fingerprint density at radius 3 is 3.00 bits per heavy atom. The van der Waals surface area contributed by atoms with Gasteiger partial charge in [-0.2, -0.15) is 5.10 Å². The summed E-state index contributed by atoms with van der Waals surface area (Å²) >= 11 is 0. The Kier molecular flexibility index (Phi) is 2.37. The Balaban J connectivity index is 2.15. The third kappa shape index (κ3) is 1.57. The second-order valence-electron chi connectivity index (χ2n) is 3.80. The summed E-state index contributed by atoms with van der Waals surface area (Å²) in [5.41, 5.74) is 0.506. The van der Waals surface area contributed by atoms with Crippen LogP contribution in [0.2, 0.25) is 0 Å². The zero-order valence-corrected chi connectivity index (χ0v) is 8.43. The number of aromatic nitrogens is 2. The van der Waals surface area contributed by atoms with Crippen LogP contribution in [-0.2, 0) is 11.8 Å². The first-order valence-corrected chi connectivity index (χ1v) is 4.84. The van der Waals surface area contributed by atoms with Gasteiger partial charge in [0.1, 0.15) is 11.8 Å². The van der Waals surface area contributed by atoms with Crippen molar-refractivity contribution in [2.45, 2.75) is 19.4 Å². The molecule has 0 bridgehead atoms. The molecule has 1 aliphatic heterocycles. The number of hydrogen-bond donors (Lipinski definition) is 0. The Labute approximate surface area is 82.9 Å². The molecule has 76 valence electrons. The molecule has 2 rings (SSSR count). The van der Waals surface area contributed by atoms with Crippen molar-refractivity contribution in [3.8, 4) is 0 Å². The molecule has 4 heteroatoms. The highest BCUT2D eigenvalue weighted by Crippen LogP contribution is 2.22. The van der Waals surface area contributed by atoms with Crippen LogP contribution in [0.3, 0.4) is 0 Å². The zero-order valence-electron chi connectivity index (χ0n) is 8.43. The largest absolute Gasteiger partial charge is 0.370 e. The van der Waals surface area contributed by atoms with E-state index < -0.39 is 0 Å². The van der Waals surface area contributed by atoms with Gasteiger partial charge in [-0.05, 0) is 18.4 Å². The number of carbonyl (C=O) groups excluding carboxylic acids is 1. The molecule has 0 saturated carbocycles. The van der Waals surface area contributed by atoms with E-state index in [2.05, 4.69) is 5.10 Å². The molecular weight excluding hydrogens is 180 g/mol. The van der Waals surface area contributed by atoms with Gasteiger partial charge < -0.3 is 4.74 Å². The molecule has 1 aliphatic rings. The van der Waals surface area contributed by atoms with Gasteiger partial charge >= 0.3 is 0 Å². The zero-order chi connectivity index (χ0) is 10.1. The van der Waals surface area contributed by atoms with E-state index in [4.69, 9.17) is 4.74 Å². The van der Waals surface area contributed by atoms with Gasteiger partial charge in [0.25, 0.3) is 0 Å². The molecule has 1 fully saturated rings. The average Bonchev–Trinajstić information content (AvgIpc) is 2.73. The summed E-state index contributed by atoms with van der Waals surface area (Å²) in [5.74, 6) is 0.320. The summed E-state index contributed by atoms with van der Waals surface area (Å²) in [5, 5.41) is 4.08. The predicted molar refractivity (Wildman–Crippen MR) is 51.1 cm³/mol. The number of ketones is 1. The molecule has 0 N–H and O–H groups in total. The maximum absolute atomic E-state index is 11.9. The number of rotatable bonds is 2. The van der Waals surface area contributed by atoms with Gasteiger partial charge in [-0.25, -0.2) is 0 Å². The minimum absolute atomic E-state index is 0.00981. The van der Waals surface area contributed by atoms with Gasteiger partial charge in [0.15, 0.2) is 0 Å². The standard InChI is InChI=1S/C10H14N2O2/c1-7-4-6-14-10(7)9(13)8-3-5-12(2)11-8/h3,5,7,10H,4,6H2,1-2H3. The first-order chi connectivity index (χ1) is 6.68. The number of hydrogen-bond acceptors (Lipinski definition) is 3. The van der Waals surface area contributed by atoms with Crippen LogP contribution in [0, 0.1) is 5.92 Å². The number of nitrogens with zero attached hydrogens (tertiary/aromatic N) is 2. The summed E-state index contributed by atoms with van der Waals surface area (Å²) in [6.07, 6.45) is 2.45. The van der Waals surface area contributed by atoms with E-state index in [1.54, 1.807) is 24.0 Å². The molecule has 1 saturated heterocycles. The second kappa shape index (κ2) is 3.53. The van der Waals surface area contributed by atoms with Gasteiger partial charge in [-0.1, -0.05) is 6.92 Å². The Morgan fingerprint density at radius 1 is 1.71 bits per heavy atom. The first kappa shape index (κ1) is 9.40. The second-order valence-corrected chi connectivity index (χ2v) is 3.80. The molecule has 0 amide bonds. The van der Waals surface area contributed by atoms with Crippen molar-refractivity contribution in [2.24, 2.45) is 13.0 Å². The third-order valence-electron chi connectivity index (χ3n) is 2.61. The van der Waals surface area contributed by atoms with E-state index in [0.29, 0.717) is 18.2 Å². The lowest BCUT2D eigenvalue weighted by Gasteiger charge is -2.10. The fourth-order valence-electron chi connectivity index (χ4n) is 1.72. The smallest absolute Gasteiger partial charge is 0.211 e. The maximum Gasteiger partial charge on any atom is 0.211 e. The summed E-state index contributed by atoms with van der Waals surface area (Å²) in [6.45, 7) is 2.73. The van der Waals surface area contributed by atoms with Gasteiger partial charge in [0, 0.05) is 19.9 Å². The monoisotopic (exact) mass is 194 g/mol. The van der Waals surface area contributed by atoms with Crippen molar-refractivity contribution in [3.63, 3.8) is 0 Å². The Bertz CT molecular complexity index is 346. The van der Waals surface area contributed by atoms with E-state index in [-0.39, 0.29) is 11.9 Å². The first-order valence-electron chi connectivity index (χ1n) is 4.84. The van der Waals surface area contributed by atoms with Crippen LogP contribution >= 0.6 is 0 Å². The fourth-order valence-corrected chi connectivity index (χ4v) is 1.72. The summed E-state index contributed by atoms with van der Waals surface area (Å²) < 4.78 is 7.02. The van der Waals surface area contributed by atoms with Crippen LogP contribution < -0.4 is 0 Å². The number of aryl methyl sites for hydroxylation is 1. The molecule has 1 aromatic rings. The summed E-state index contributed by atoms with van der Waals surface area (Å²) in [4.78, 5) is 11.9. The van der Waals surface area contributed by atoms with Crippen LogP contribution in [0.25, 0.3) is 0 Å². The molecule has 0 radical (unpaired) electrons. The normalized spacial score (nSPS) is 26.7. The maximum atomic E-state index is 11.9. The highest BCUT2D eigenvalue weighted by molar-refractivity contribution is 5.98. The van der Waals surface area contributed by atoms with Crippen LogP contribution in [0.4, 0.5) is 0 Å². The molecule has 4 nitrogen and oxygen atoms in total. The molecule has 0 aliphatic carbocycles.